The fraction of sp³-hybridized carbons (Fsp3) is 0.700. The second-order valence-corrected chi connectivity index (χ2v) is 4.13. The van der Waals surface area contributed by atoms with Crippen molar-refractivity contribution >= 4 is 5.91 Å². The number of amides is 1. The zero-order chi connectivity index (χ0) is 12.2. The summed E-state index contributed by atoms with van der Waals surface area (Å²) in [5.74, 6) is -0.708. The van der Waals surface area contributed by atoms with Crippen LogP contribution >= 0.6 is 0 Å². The van der Waals surface area contributed by atoms with Crippen LogP contribution in [0.1, 0.15) is 6.42 Å². The Hall–Kier alpha value is -0.950. The third kappa shape index (κ3) is 2.79. The summed E-state index contributed by atoms with van der Waals surface area (Å²) in [6, 6.07) is -0.137. The SMILES string of the molecule is NC1C=CC(C(=O)NC(CO)(CO)CO)C1. The number of rotatable bonds is 5. The lowest BCUT2D eigenvalue weighted by Crippen LogP contribution is -2.58. The van der Waals surface area contributed by atoms with Gasteiger partial charge in [0, 0.05) is 6.04 Å². The minimum Gasteiger partial charge on any atom is -0.394 e. The van der Waals surface area contributed by atoms with Crippen molar-refractivity contribution in [1.82, 2.24) is 5.32 Å². The largest absolute Gasteiger partial charge is 0.394 e. The lowest BCUT2D eigenvalue weighted by atomic mass is 10.0. The highest BCUT2D eigenvalue weighted by atomic mass is 16.3. The van der Waals surface area contributed by atoms with Crippen LogP contribution in [0, 0.1) is 5.92 Å². The predicted octanol–water partition coefficient (Wildman–Crippen LogP) is -2.28. The monoisotopic (exact) mass is 230 g/mol. The summed E-state index contributed by atoms with van der Waals surface area (Å²) in [5.41, 5.74) is 4.25. The van der Waals surface area contributed by atoms with E-state index in [0.29, 0.717) is 6.42 Å². The summed E-state index contributed by atoms with van der Waals surface area (Å²) in [4.78, 5) is 11.7. The molecule has 0 aromatic carbocycles. The third-order valence-corrected chi connectivity index (χ3v) is 2.75. The van der Waals surface area contributed by atoms with Crippen molar-refractivity contribution in [3.8, 4) is 0 Å². The van der Waals surface area contributed by atoms with Crippen molar-refractivity contribution in [1.29, 1.82) is 0 Å². The standard InChI is InChI=1S/C10H18N2O4/c11-8-2-1-7(3-8)9(16)12-10(4-13,5-14)6-15/h1-2,7-8,13-15H,3-6,11H2,(H,12,16). The number of carbonyl (C=O) groups excluding carboxylic acids is 1. The van der Waals surface area contributed by atoms with E-state index in [0.717, 1.165) is 0 Å². The van der Waals surface area contributed by atoms with Gasteiger partial charge in [0.1, 0.15) is 5.54 Å². The van der Waals surface area contributed by atoms with Crippen LogP contribution in [0.4, 0.5) is 0 Å². The second-order valence-electron chi connectivity index (χ2n) is 4.13. The lowest BCUT2D eigenvalue weighted by molar-refractivity contribution is -0.128. The number of hydrogen-bond donors (Lipinski definition) is 5. The Morgan fingerprint density at radius 1 is 1.31 bits per heavy atom. The molecule has 92 valence electrons. The molecule has 0 saturated carbocycles. The van der Waals surface area contributed by atoms with Crippen LogP contribution in [0.15, 0.2) is 12.2 Å². The van der Waals surface area contributed by atoms with E-state index in [9.17, 15) is 4.79 Å². The second kappa shape index (κ2) is 5.40. The summed E-state index contributed by atoms with van der Waals surface area (Å²) in [6.45, 7) is -1.56. The predicted molar refractivity (Wildman–Crippen MR) is 57.4 cm³/mol. The van der Waals surface area contributed by atoms with Gasteiger partial charge in [0.15, 0.2) is 0 Å². The molecule has 0 radical (unpaired) electrons. The minimum atomic E-state index is -1.36. The van der Waals surface area contributed by atoms with E-state index in [4.69, 9.17) is 21.1 Å². The molecule has 6 N–H and O–H groups in total. The van der Waals surface area contributed by atoms with Gasteiger partial charge in [0.2, 0.25) is 5.91 Å². The van der Waals surface area contributed by atoms with E-state index in [1.807, 2.05) is 0 Å². The van der Waals surface area contributed by atoms with Crippen LogP contribution in [0.3, 0.4) is 0 Å². The van der Waals surface area contributed by atoms with Gasteiger partial charge in [-0.2, -0.15) is 0 Å². The molecule has 6 nitrogen and oxygen atoms in total. The minimum absolute atomic E-state index is 0.137. The van der Waals surface area contributed by atoms with Gasteiger partial charge in [0.05, 0.1) is 25.7 Å². The van der Waals surface area contributed by atoms with E-state index in [1.165, 1.54) is 0 Å². The van der Waals surface area contributed by atoms with E-state index in [-0.39, 0.29) is 17.9 Å². The molecule has 0 fully saturated rings. The Bertz CT molecular complexity index is 268. The molecule has 2 unspecified atom stereocenters. The molecular weight excluding hydrogens is 212 g/mol. The molecule has 1 aliphatic rings. The van der Waals surface area contributed by atoms with Crippen LogP contribution < -0.4 is 11.1 Å². The molecule has 0 aromatic rings. The molecule has 0 aliphatic heterocycles. The van der Waals surface area contributed by atoms with Gasteiger partial charge >= 0.3 is 0 Å². The van der Waals surface area contributed by atoms with Crippen molar-refractivity contribution in [3.63, 3.8) is 0 Å². The molecule has 0 spiro atoms. The molecule has 16 heavy (non-hydrogen) atoms. The van der Waals surface area contributed by atoms with Crippen molar-refractivity contribution in [2.24, 2.45) is 11.7 Å². The summed E-state index contributed by atoms with van der Waals surface area (Å²) in [5, 5.41) is 29.6. The van der Waals surface area contributed by atoms with Crippen LogP contribution in [-0.4, -0.2) is 52.6 Å². The maximum absolute atomic E-state index is 11.7. The smallest absolute Gasteiger partial charge is 0.227 e. The first-order chi connectivity index (χ1) is 7.56. The zero-order valence-electron chi connectivity index (χ0n) is 8.97. The number of nitrogens with one attached hydrogen (secondary N) is 1. The number of aliphatic hydroxyl groups excluding tert-OH is 3. The van der Waals surface area contributed by atoms with Gasteiger partial charge in [-0.1, -0.05) is 12.2 Å². The Balaban J connectivity index is 2.59. The molecule has 1 rings (SSSR count). The number of hydrogen-bond acceptors (Lipinski definition) is 5. The fourth-order valence-corrected chi connectivity index (χ4v) is 1.54. The molecule has 6 heteroatoms. The molecule has 0 saturated heterocycles. The van der Waals surface area contributed by atoms with E-state index < -0.39 is 25.4 Å². The summed E-state index contributed by atoms with van der Waals surface area (Å²) in [7, 11) is 0. The van der Waals surface area contributed by atoms with E-state index in [2.05, 4.69) is 5.32 Å². The highest BCUT2D eigenvalue weighted by Crippen LogP contribution is 2.17. The highest BCUT2D eigenvalue weighted by Gasteiger charge is 2.33. The van der Waals surface area contributed by atoms with Crippen molar-refractivity contribution < 1.29 is 20.1 Å². The Kier molecular flexibility index (Phi) is 4.43. The average molecular weight is 230 g/mol. The van der Waals surface area contributed by atoms with Crippen LogP contribution in [0.2, 0.25) is 0 Å². The molecule has 2 atom stereocenters. The number of nitrogens with two attached hydrogens (primary N) is 1. The molecule has 0 aromatic heterocycles. The molecule has 1 aliphatic carbocycles. The van der Waals surface area contributed by atoms with Crippen LogP contribution in [0.25, 0.3) is 0 Å². The highest BCUT2D eigenvalue weighted by molar-refractivity contribution is 5.81. The van der Waals surface area contributed by atoms with Crippen molar-refractivity contribution in [2.45, 2.75) is 18.0 Å². The summed E-state index contributed by atoms with van der Waals surface area (Å²) >= 11 is 0. The van der Waals surface area contributed by atoms with Gasteiger partial charge < -0.3 is 26.4 Å². The zero-order valence-corrected chi connectivity index (χ0v) is 8.97. The van der Waals surface area contributed by atoms with Gasteiger partial charge in [-0.05, 0) is 6.42 Å². The van der Waals surface area contributed by atoms with Gasteiger partial charge in [0.25, 0.3) is 0 Å². The number of carbonyl (C=O) groups is 1. The fourth-order valence-electron chi connectivity index (χ4n) is 1.54. The molecule has 0 heterocycles. The summed E-state index contributed by atoms with van der Waals surface area (Å²) < 4.78 is 0. The molecule has 1 amide bonds. The van der Waals surface area contributed by atoms with Crippen molar-refractivity contribution in [2.75, 3.05) is 19.8 Å². The van der Waals surface area contributed by atoms with Crippen LogP contribution in [-0.2, 0) is 4.79 Å². The first-order valence-electron chi connectivity index (χ1n) is 5.15. The lowest BCUT2D eigenvalue weighted by Gasteiger charge is -2.29. The van der Waals surface area contributed by atoms with Crippen LogP contribution in [0.5, 0.6) is 0 Å². The molecular formula is C10H18N2O4. The summed E-state index contributed by atoms with van der Waals surface area (Å²) in [6.07, 6.45) is 3.93. The quantitative estimate of drug-likeness (QED) is 0.341. The van der Waals surface area contributed by atoms with E-state index in [1.54, 1.807) is 12.2 Å². The first-order valence-corrected chi connectivity index (χ1v) is 5.15. The van der Waals surface area contributed by atoms with Gasteiger partial charge in [-0.15, -0.1) is 0 Å². The Morgan fingerprint density at radius 3 is 2.25 bits per heavy atom. The molecule has 0 bridgehead atoms. The first kappa shape index (κ1) is 13.1. The Morgan fingerprint density at radius 2 is 1.88 bits per heavy atom. The van der Waals surface area contributed by atoms with Crippen molar-refractivity contribution in [3.05, 3.63) is 12.2 Å². The third-order valence-electron chi connectivity index (χ3n) is 2.75. The Labute approximate surface area is 93.8 Å². The van der Waals surface area contributed by atoms with Gasteiger partial charge in [-0.3, -0.25) is 4.79 Å². The van der Waals surface area contributed by atoms with E-state index >= 15 is 0 Å². The maximum atomic E-state index is 11.7. The van der Waals surface area contributed by atoms with Gasteiger partial charge in [-0.25, -0.2) is 0 Å². The topological polar surface area (TPSA) is 116 Å². The normalized spacial score (nSPS) is 24.8. The average Bonchev–Trinajstić information content (AvgIpc) is 2.73. The number of aliphatic hydroxyl groups is 3. The maximum Gasteiger partial charge on any atom is 0.227 e.